The minimum Gasteiger partial charge on any atom is -0.456 e. The van der Waals surface area contributed by atoms with Gasteiger partial charge in [-0.1, -0.05) is 146 Å². The molecule has 51 heavy (non-hydrogen) atoms. The average molecular weight is 653 g/mol. The van der Waals surface area contributed by atoms with Gasteiger partial charge in [0.05, 0.1) is 11.6 Å². The first-order valence-electron chi connectivity index (χ1n) is 16.7. The van der Waals surface area contributed by atoms with Crippen LogP contribution in [0.15, 0.2) is 174 Å². The molecule has 0 atom stereocenters. The molecule has 0 aliphatic carbocycles. The van der Waals surface area contributed by atoms with Crippen molar-refractivity contribution >= 4 is 21.9 Å². The summed E-state index contributed by atoms with van der Waals surface area (Å²) in [5.41, 5.74) is 10.7. The lowest BCUT2D eigenvalue weighted by Gasteiger charge is -2.12. The van der Waals surface area contributed by atoms with Crippen LogP contribution < -0.4 is 0 Å². The maximum atomic E-state index is 10.00. The van der Waals surface area contributed by atoms with E-state index in [9.17, 15) is 5.26 Å². The van der Waals surface area contributed by atoms with Crippen LogP contribution in [-0.4, -0.2) is 15.0 Å². The lowest BCUT2D eigenvalue weighted by Crippen LogP contribution is -2.01. The summed E-state index contributed by atoms with van der Waals surface area (Å²) < 4.78 is 6.44. The second-order valence-corrected chi connectivity index (χ2v) is 12.3. The van der Waals surface area contributed by atoms with Gasteiger partial charge in [-0.25, -0.2) is 15.0 Å². The molecule has 9 aromatic rings. The standard InChI is InChI=1S/C46H28N4O/c47-29-36-15-7-8-16-38(36)37-27-40(43-39-17-9-10-18-41(39)51-42(43)28-37)46-49-44(34-23-19-32(20-24-34)30-11-3-1-4-12-30)48-45(50-46)35-25-21-33(22-26-35)31-13-5-2-6-14-31/h1-28H. The zero-order chi connectivity index (χ0) is 34.1. The van der Waals surface area contributed by atoms with Crippen LogP contribution in [-0.2, 0) is 0 Å². The molecule has 0 N–H and O–H groups in total. The SMILES string of the molecule is N#Cc1ccccc1-c1cc(-c2nc(-c3ccc(-c4ccccc4)cc3)nc(-c3ccc(-c4ccccc4)cc3)n2)c2c(c1)oc1ccccc12. The summed E-state index contributed by atoms with van der Waals surface area (Å²) in [6, 6.07) is 59.3. The lowest BCUT2D eigenvalue weighted by atomic mass is 9.95. The molecule has 0 fully saturated rings. The van der Waals surface area contributed by atoms with Gasteiger partial charge in [-0.15, -0.1) is 0 Å². The summed E-state index contributed by atoms with van der Waals surface area (Å²) in [4.78, 5) is 15.4. The molecule has 5 nitrogen and oxygen atoms in total. The second kappa shape index (κ2) is 12.7. The number of aromatic nitrogens is 3. The quantitative estimate of drug-likeness (QED) is 0.179. The summed E-state index contributed by atoms with van der Waals surface area (Å²) in [5.74, 6) is 1.64. The van der Waals surface area contributed by atoms with Gasteiger partial charge >= 0.3 is 0 Å². The smallest absolute Gasteiger partial charge is 0.164 e. The average Bonchev–Trinajstić information content (AvgIpc) is 3.60. The van der Waals surface area contributed by atoms with Gasteiger partial charge in [0.15, 0.2) is 17.5 Å². The van der Waals surface area contributed by atoms with E-state index in [1.165, 1.54) is 0 Å². The van der Waals surface area contributed by atoms with E-state index in [2.05, 4.69) is 91.0 Å². The third-order valence-electron chi connectivity index (χ3n) is 9.21. The van der Waals surface area contributed by atoms with Gasteiger partial charge in [0, 0.05) is 27.5 Å². The molecule has 5 heteroatoms. The molecule has 0 spiro atoms. The molecule has 2 heterocycles. The van der Waals surface area contributed by atoms with E-state index in [-0.39, 0.29) is 0 Å². The number of hydrogen-bond acceptors (Lipinski definition) is 5. The fraction of sp³-hybridized carbons (Fsp3) is 0. The van der Waals surface area contributed by atoms with E-state index < -0.39 is 0 Å². The fourth-order valence-electron chi connectivity index (χ4n) is 6.66. The van der Waals surface area contributed by atoms with Crippen molar-refractivity contribution in [3.8, 4) is 73.6 Å². The molecule has 0 radical (unpaired) electrons. The molecule has 0 aliphatic heterocycles. The maximum Gasteiger partial charge on any atom is 0.164 e. The largest absolute Gasteiger partial charge is 0.456 e. The van der Waals surface area contributed by atoms with Crippen LogP contribution in [0.5, 0.6) is 0 Å². The Labute approximate surface area is 294 Å². The topological polar surface area (TPSA) is 75.6 Å². The number of nitriles is 1. The summed E-state index contributed by atoms with van der Waals surface area (Å²) in [6.45, 7) is 0. The molecule has 7 aromatic carbocycles. The molecule has 0 saturated heterocycles. The molecule has 238 valence electrons. The molecule has 0 aliphatic rings. The highest BCUT2D eigenvalue weighted by Gasteiger charge is 2.20. The van der Waals surface area contributed by atoms with Crippen LogP contribution in [0.25, 0.3) is 89.5 Å². The number of rotatable bonds is 6. The summed E-state index contributed by atoms with van der Waals surface area (Å²) >= 11 is 0. The van der Waals surface area contributed by atoms with Gasteiger partial charge in [0.2, 0.25) is 0 Å². The Bertz CT molecular complexity index is 2630. The Hall–Kier alpha value is -7.16. The van der Waals surface area contributed by atoms with E-state index in [0.717, 1.165) is 66.4 Å². The van der Waals surface area contributed by atoms with Crippen LogP contribution in [0.4, 0.5) is 0 Å². The highest BCUT2D eigenvalue weighted by molar-refractivity contribution is 6.13. The van der Waals surface area contributed by atoms with Crippen LogP contribution in [0.2, 0.25) is 0 Å². The Morgan fingerprint density at radius 2 is 0.882 bits per heavy atom. The monoisotopic (exact) mass is 652 g/mol. The normalized spacial score (nSPS) is 11.1. The first kappa shape index (κ1) is 29.9. The maximum absolute atomic E-state index is 10.00. The Balaban J connectivity index is 1.27. The Morgan fingerprint density at radius 1 is 0.392 bits per heavy atom. The summed E-state index contributed by atoms with van der Waals surface area (Å²) in [6.07, 6.45) is 0. The van der Waals surface area contributed by atoms with Crippen molar-refractivity contribution in [3.63, 3.8) is 0 Å². The van der Waals surface area contributed by atoms with Crippen molar-refractivity contribution in [2.24, 2.45) is 0 Å². The van der Waals surface area contributed by atoms with E-state index in [0.29, 0.717) is 28.6 Å². The zero-order valence-electron chi connectivity index (χ0n) is 27.4. The molecule has 9 rings (SSSR count). The first-order valence-corrected chi connectivity index (χ1v) is 16.7. The lowest BCUT2D eigenvalue weighted by molar-refractivity contribution is 0.669. The molecule has 0 amide bonds. The van der Waals surface area contributed by atoms with Gasteiger partial charge in [-0.2, -0.15) is 5.26 Å². The first-order chi connectivity index (χ1) is 25.2. The van der Waals surface area contributed by atoms with Crippen molar-refractivity contribution in [2.45, 2.75) is 0 Å². The second-order valence-electron chi connectivity index (χ2n) is 12.3. The summed E-state index contributed by atoms with van der Waals surface area (Å²) in [5, 5.41) is 11.9. The molecule has 0 bridgehead atoms. The van der Waals surface area contributed by atoms with E-state index in [4.69, 9.17) is 19.4 Å². The number of furan rings is 1. The predicted molar refractivity (Wildman–Crippen MR) is 204 cm³/mol. The van der Waals surface area contributed by atoms with Crippen molar-refractivity contribution in [3.05, 3.63) is 175 Å². The third kappa shape index (κ3) is 5.61. The number of para-hydroxylation sites is 1. The number of nitrogens with zero attached hydrogens (tertiary/aromatic N) is 4. The van der Waals surface area contributed by atoms with Crippen molar-refractivity contribution in [2.75, 3.05) is 0 Å². The minimum atomic E-state index is 0.516. The van der Waals surface area contributed by atoms with Crippen LogP contribution in [0, 0.1) is 11.3 Å². The van der Waals surface area contributed by atoms with Crippen LogP contribution in [0.3, 0.4) is 0 Å². The van der Waals surface area contributed by atoms with Gasteiger partial charge < -0.3 is 4.42 Å². The Morgan fingerprint density at radius 3 is 1.49 bits per heavy atom. The predicted octanol–water partition coefficient (Wildman–Crippen LogP) is 11.6. The highest BCUT2D eigenvalue weighted by Crippen LogP contribution is 2.40. The van der Waals surface area contributed by atoms with Gasteiger partial charge in [-0.05, 0) is 57.6 Å². The molecular weight excluding hydrogens is 625 g/mol. The number of benzene rings is 7. The molecule has 2 aromatic heterocycles. The van der Waals surface area contributed by atoms with Crippen LogP contribution >= 0.6 is 0 Å². The molecular formula is C46H28N4O. The van der Waals surface area contributed by atoms with E-state index in [1.54, 1.807) is 0 Å². The Kier molecular flexibility index (Phi) is 7.46. The van der Waals surface area contributed by atoms with Crippen molar-refractivity contribution in [1.82, 2.24) is 15.0 Å². The highest BCUT2D eigenvalue weighted by atomic mass is 16.3. The number of fused-ring (bicyclic) bond motifs is 3. The van der Waals surface area contributed by atoms with E-state index in [1.807, 2.05) is 84.9 Å². The van der Waals surface area contributed by atoms with E-state index >= 15 is 0 Å². The third-order valence-corrected chi connectivity index (χ3v) is 9.21. The molecule has 0 saturated carbocycles. The fourth-order valence-corrected chi connectivity index (χ4v) is 6.66. The summed E-state index contributed by atoms with van der Waals surface area (Å²) in [7, 11) is 0. The van der Waals surface area contributed by atoms with Crippen molar-refractivity contribution in [1.29, 1.82) is 5.26 Å². The van der Waals surface area contributed by atoms with Gasteiger partial charge in [0.25, 0.3) is 0 Å². The minimum absolute atomic E-state index is 0.516. The van der Waals surface area contributed by atoms with Gasteiger partial charge in [-0.3, -0.25) is 0 Å². The van der Waals surface area contributed by atoms with Gasteiger partial charge in [0.1, 0.15) is 11.2 Å². The number of hydrogen-bond donors (Lipinski definition) is 0. The molecule has 0 unspecified atom stereocenters. The van der Waals surface area contributed by atoms with Crippen LogP contribution in [0.1, 0.15) is 5.56 Å². The zero-order valence-corrected chi connectivity index (χ0v) is 27.4. The van der Waals surface area contributed by atoms with Crippen molar-refractivity contribution < 1.29 is 4.42 Å².